The van der Waals surface area contributed by atoms with Crippen LogP contribution in [0.3, 0.4) is 0 Å². The summed E-state index contributed by atoms with van der Waals surface area (Å²) in [7, 11) is 1.64. The molecule has 0 aliphatic rings. The SMILES string of the molecule is COc1ccc(C(C)(CO)Nc2ccccc2)cc1. The lowest BCUT2D eigenvalue weighted by Gasteiger charge is -2.30. The Morgan fingerprint density at radius 1 is 1.05 bits per heavy atom. The molecule has 2 N–H and O–H groups in total. The molecule has 0 spiro atoms. The molecule has 0 aliphatic carbocycles. The highest BCUT2D eigenvalue weighted by molar-refractivity contribution is 5.48. The minimum Gasteiger partial charge on any atom is -0.497 e. The number of anilines is 1. The summed E-state index contributed by atoms with van der Waals surface area (Å²) in [4.78, 5) is 0. The van der Waals surface area contributed by atoms with Crippen LogP contribution in [0, 0.1) is 0 Å². The van der Waals surface area contributed by atoms with Crippen molar-refractivity contribution < 1.29 is 9.84 Å². The normalized spacial score (nSPS) is 13.6. The van der Waals surface area contributed by atoms with Gasteiger partial charge in [0.2, 0.25) is 0 Å². The Morgan fingerprint density at radius 3 is 2.21 bits per heavy atom. The van der Waals surface area contributed by atoms with Crippen LogP contribution in [-0.4, -0.2) is 18.8 Å². The van der Waals surface area contributed by atoms with Gasteiger partial charge in [0, 0.05) is 5.69 Å². The Hall–Kier alpha value is -2.00. The molecule has 0 saturated carbocycles. The molecule has 3 nitrogen and oxygen atoms in total. The minimum absolute atomic E-state index is 0.00816. The number of aliphatic hydroxyl groups excluding tert-OH is 1. The van der Waals surface area contributed by atoms with Crippen LogP contribution >= 0.6 is 0 Å². The Bertz CT molecular complexity index is 510. The maximum absolute atomic E-state index is 9.73. The van der Waals surface area contributed by atoms with Crippen LogP contribution in [0.1, 0.15) is 12.5 Å². The lowest BCUT2D eigenvalue weighted by Crippen LogP contribution is -2.35. The van der Waals surface area contributed by atoms with Crippen molar-refractivity contribution in [3.8, 4) is 5.75 Å². The number of para-hydroxylation sites is 1. The van der Waals surface area contributed by atoms with Crippen LogP contribution in [0.5, 0.6) is 5.75 Å². The third-order valence-electron chi connectivity index (χ3n) is 3.24. The molecule has 0 aromatic heterocycles. The summed E-state index contributed by atoms with van der Waals surface area (Å²) < 4.78 is 5.15. The Morgan fingerprint density at radius 2 is 1.68 bits per heavy atom. The van der Waals surface area contributed by atoms with Crippen LogP contribution in [-0.2, 0) is 5.54 Å². The molecule has 0 fully saturated rings. The molecule has 3 heteroatoms. The zero-order valence-corrected chi connectivity index (χ0v) is 11.3. The Balaban J connectivity index is 2.25. The molecule has 19 heavy (non-hydrogen) atoms. The average Bonchev–Trinajstić information content (AvgIpc) is 2.48. The third kappa shape index (κ3) is 3.06. The largest absolute Gasteiger partial charge is 0.497 e. The number of nitrogens with one attached hydrogen (secondary N) is 1. The van der Waals surface area contributed by atoms with Crippen molar-refractivity contribution in [3.63, 3.8) is 0 Å². The number of methoxy groups -OCH3 is 1. The van der Waals surface area contributed by atoms with Gasteiger partial charge in [0.15, 0.2) is 0 Å². The van der Waals surface area contributed by atoms with Crippen molar-refractivity contribution in [1.82, 2.24) is 0 Å². The summed E-state index contributed by atoms with van der Waals surface area (Å²) in [5.41, 5.74) is 1.47. The van der Waals surface area contributed by atoms with E-state index in [9.17, 15) is 5.11 Å². The molecule has 2 rings (SSSR count). The number of benzene rings is 2. The molecule has 100 valence electrons. The van der Waals surface area contributed by atoms with Gasteiger partial charge in [-0.05, 0) is 36.8 Å². The molecule has 0 radical (unpaired) electrons. The topological polar surface area (TPSA) is 41.5 Å². The first-order valence-electron chi connectivity index (χ1n) is 6.26. The highest BCUT2D eigenvalue weighted by Gasteiger charge is 2.25. The van der Waals surface area contributed by atoms with Gasteiger partial charge in [-0.15, -0.1) is 0 Å². The Kier molecular flexibility index (Phi) is 4.07. The molecule has 2 aromatic carbocycles. The monoisotopic (exact) mass is 257 g/mol. The highest BCUT2D eigenvalue weighted by atomic mass is 16.5. The first kappa shape index (κ1) is 13.4. The highest BCUT2D eigenvalue weighted by Crippen LogP contribution is 2.27. The maximum atomic E-state index is 9.73. The van der Waals surface area contributed by atoms with E-state index in [2.05, 4.69) is 5.32 Å². The summed E-state index contributed by atoms with van der Waals surface area (Å²) in [6, 6.07) is 17.6. The van der Waals surface area contributed by atoms with E-state index in [0.29, 0.717) is 0 Å². The zero-order valence-electron chi connectivity index (χ0n) is 11.3. The van der Waals surface area contributed by atoms with Crippen molar-refractivity contribution in [2.75, 3.05) is 19.0 Å². The second-order valence-electron chi connectivity index (χ2n) is 4.71. The summed E-state index contributed by atoms with van der Waals surface area (Å²) >= 11 is 0. The van der Waals surface area contributed by atoms with Crippen LogP contribution in [0.2, 0.25) is 0 Å². The molecule has 1 unspecified atom stereocenters. The van der Waals surface area contributed by atoms with E-state index in [1.807, 2.05) is 61.5 Å². The van der Waals surface area contributed by atoms with E-state index in [-0.39, 0.29) is 6.61 Å². The van der Waals surface area contributed by atoms with Crippen molar-refractivity contribution in [3.05, 3.63) is 60.2 Å². The number of hydrogen-bond donors (Lipinski definition) is 2. The predicted molar refractivity (Wildman–Crippen MR) is 77.5 cm³/mol. The molecule has 0 aliphatic heterocycles. The maximum Gasteiger partial charge on any atom is 0.118 e. The number of hydrogen-bond acceptors (Lipinski definition) is 3. The molecule has 0 heterocycles. The first-order chi connectivity index (χ1) is 9.18. The summed E-state index contributed by atoms with van der Waals surface area (Å²) in [6.45, 7) is 1.98. The fraction of sp³-hybridized carbons (Fsp3) is 0.250. The molecule has 0 amide bonds. The average molecular weight is 257 g/mol. The number of aliphatic hydroxyl groups is 1. The minimum atomic E-state index is -0.520. The van der Waals surface area contributed by atoms with Crippen molar-refractivity contribution in [2.24, 2.45) is 0 Å². The second kappa shape index (κ2) is 5.76. The fourth-order valence-corrected chi connectivity index (χ4v) is 2.00. The molecule has 2 aromatic rings. The number of ether oxygens (including phenoxy) is 1. The van der Waals surface area contributed by atoms with Gasteiger partial charge < -0.3 is 15.2 Å². The second-order valence-corrected chi connectivity index (χ2v) is 4.71. The van der Waals surface area contributed by atoms with Gasteiger partial charge in [0.25, 0.3) is 0 Å². The molecular weight excluding hydrogens is 238 g/mol. The van der Waals surface area contributed by atoms with Gasteiger partial charge >= 0.3 is 0 Å². The van der Waals surface area contributed by atoms with Gasteiger partial charge in [0.05, 0.1) is 19.3 Å². The van der Waals surface area contributed by atoms with Gasteiger partial charge in [-0.2, -0.15) is 0 Å². The zero-order chi connectivity index (χ0) is 13.7. The standard InChI is InChI=1S/C16H19NO2/c1-16(12-18,17-14-6-4-3-5-7-14)13-8-10-15(19-2)11-9-13/h3-11,17-18H,12H2,1-2H3. The molecular formula is C16H19NO2. The third-order valence-corrected chi connectivity index (χ3v) is 3.24. The van der Waals surface area contributed by atoms with Crippen molar-refractivity contribution >= 4 is 5.69 Å². The smallest absolute Gasteiger partial charge is 0.118 e. The summed E-state index contributed by atoms with van der Waals surface area (Å²) in [6.07, 6.45) is 0. The van der Waals surface area contributed by atoms with Crippen molar-refractivity contribution in [2.45, 2.75) is 12.5 Å². The van der Waals surface area contributed by atoms with Crippen LogP contribution in [0.25, 0.3) is 0 Å². The van der Waals surface area contributed by atoms with Gasteiger partial charge in [0.1, 0.15) is 5.75 Å². The molecule has 0 bridgehead atoms. The van der Waals surface area contributed by atoms with Gasteiger partial charge in [-0.1, -0.05) is 30.3 Å². The van der Waals surface area contributed by atoms with E-state index in [4.69, 9.17) is 4.74 Å². The quantitative estimate of drug-likeness (QED) is 0.865. The molecule has 0 saturated heterocycles. The van der Waals surface area contributed by atoms with Gasteiger partial charge in [-0.3, -0.25) is 0 Å². The Labute approximate surface area is 113 Å². The van der Waals surface area contributed by atoms with E-state index < -0.39 is 5.54 Å². The van der Waals surface area contributed by atoms with Crippen LogP contribution < -0.4 is 10.1 Å². The van der Waals surface area contributed by atoms with Gasteiger partial charge in [-0.25, -0.2) is 0 Å². The van der Waals surface area contributed by atoms with Crippen LogP contribution in [0.15, 0.2) is 54.6 Å². The predicted octanol–water partition coefficient (Wildman–Crippen LogP) is 3.01. The summed E-state index contributed by atoms with van der Waals surface area (Å²) in [5, 5.41) is 13.1. The summed E-state index contributed by atoms with van der Waals surface area (Å²) in [5.74, 6) is 0.809. The van der Waals surface area contributed by atoms with E-state index in [1.54, 1.807) is 7.11 Å². The van der Waals surface area contributed by atoms with E-state index in [1.165, 1.54) is 0 Å². The number of rotatable bonds is 5. The fourth-order valence-electron chi connectivity index (χ4n) is 2.00. The van der Waals surface area contributed by atoms with E-state index in [0.717, 1.165) is 17.0 Å². The molecule has 1 atom stereocenters. The lowest BCUT2D eigenvalue weighted by molar-refractivity contribution is 0.224. The van der Waals surface area contributed by atoms with E-state index >= 15 is 0 Å². The van der Waals surface area contributed by atoms with Crippen LogP contribution in [0.4, 0.5) is 5.69 Å². The van der Waals surface area contributed by atoms with Crippen molar-refractivity contribution in [1.29, 1.82) is 0 Å². The lowest BCUT2D eigenvalue weighted by atomic mass is 9.92. The first-order valence-corrected chi connectivity index (χ1v) is 6.26.